The molecule has 0 aromatic carbocycles. The first-order chi connectivity index (χ1) is 30.7. The quantitative estimate of drug-likeness (QED) is 0.0421. The Hall–Kier alpha value is -1.13. The Morgan fingerprint density at radius 2 is 0.629 bits per heavy atom. The molecule has 4 heteroatoms. The van der Waals surface area contributed by atoms with Crippen molar-refractivity contribution >= 4 is 5.91 Å². The third kappa shape index (κ3) is 49.9. The maximum Gasteiger partial charge on any atom is 0.220 e. The first kappa shape index (κ1) is 60.9. The Kier molecular flexibility index (Phi) is 53.2. The van der Waals surface area contributed by atoms with Crippen molar-refractivity contribution in [1.29, 1.82) is 0 Å². The van der Waals surface area contributed by atoms with E-state index in [1.807, 2.05) is 6.08 Å². The molecule has 0 aliphatic heterocycles. The molecule has 0 spiro atoms. The van der Waals surface area contributed by atoms with Gasteiger partial charge in [0.1, 0.15) is 0 Å². The van der Waals surface area contributed by atoms with E-state index in [0.29, 0.717) is 6.42 Å². The average Bonchev–Trinajstić information content (AvgIpc) is 3.28. The lowest BCUT2D eigenvalue weighted by molar-refractivity contribution is -0.123. The Morgan fingerprint density at radius 3 is 0.935 bits per heavy atom. The molecular weight excluding hydrogens is 759 g/mol. The molecule has 0 saturated heterocycles. The van der Waals surface area contributed by atoms with E-state index in [2.05, 4.69) is 31.3 Å². The number of aliphatic hydroxyl groups excluding tert-OH is 2. The second-order valence-corrected chi connectivity index (χ2v) is 19.7. The molecule has 3 N–H and O–H groups in total. The summed E-state index contributed by atoms with van der Waals surface area (Å²) in [6.45, 7) is 4.34. The van der Waals surface area contributed by atoms with Crippen LogP contribution < -0.4 is 5.32 Å². The standard InChI is InChI=1S/C58H113NO3/c1-3-5-7-9-11-13-15-17-19-21-23-25-26-27-28-29-30-31-32-34-36-38-40-42-44-46-48-50-52-54-58(62)59-56(55-60)57(61)53-51-49-47-45-43-41-39-37-35-33-24-22-20-18-16-14-12-10-8-6-4-2/h43,45,51,53,56-57,60-61H,3-42,44,46-50,52,54-55H2,1-2H3,(H,59,62)/b45-43+,53-51+. The van der Waals surface area contributed by atoms with Crippen LogP contribution in [0.2, 0.25) is 0 Å². The number of carbonyl (C=O) groups excluding carboxylic acids is 1. The topological polar surface area (TPSA) is 69.6 Å². The zero-order chi connectivity index (χ0) is 44.9. The molecule has 0 bridgehead atoms. The highest BCUT2D eigenvalue weighted by Gasteiger charge is 2.18. The highest BCUT2D eigenvalue weighted by atomic mass is 16.3. The molecule has 0 heterocycles. The van der Waals surface area contributed by atoms with E-state index >= 15 is 0 Å². The third-order valence-electron chi connectivity index (χ3n) is 13.4. The van der Waals surface area contributed by atoms with Crippen molar-refractivity contribution in [2.24, 2.45) is 0 Å². The predicted molar refractivity (Wildman–Crippen MR) is 276 cm³/mol. The van der Waals surface area contributed by atoms with Crippen molar-refractivity contribution in [3.8, 4) is 0 Å². The molecule has 0 radical (unpaired) electrons. The van der Waals surface area contributed by atoms with Crippen LogP contribution >= 0.6 is 0 Å². The molecular formula is C58H113NO3. The van der Waals surface area contributed by atoms with Gasteiger partial charge in [-0.1, -0.05) is 308 Å². The van der Waals surface area contributed by atoms with Crippen LogP contribution in [0.4, 0.5) is 0 Å². The number of carbonyl (C=O) groups is 1. The van der Waals surface area contributed by atoms with E-state index in [4.69, 9.17) is 0 Å². The minimum absolute atomic E-state index is 0.0664. The van der Waals surface area contributed by atoms with Gasteiger partial charge in [0.05, 0.1) is 18.8 Å². The van der Waals surface area contributed by atoms with Crippen LogP contribution in [0.3, 0.4) is 0 Å². The largest absolute Gasteiger partial charge is 0.394 e. The summed E-state index contributed by atoms with van der Waals surface area (Å²) in [7, 11) is 0. The number of aliphatic hydroxyl groups is 2. The number of nitrogens with one attached hydrogen (secondary N) is 1. The molecule has 0 fully saturated rings. The van der Waals surface area contributed by atoms with Crippen LogP contribution in [0.25, 0.3) is 0 Å². The van der Waals surface area contributed by atoms with E-state index in [-0.39, 0.29) is 12.5 Å². The summed E-state index contributed by atoms with van der Waals surface area (Å²) >= 11 is 0. The van der Waals surface area contributed by atoms with Gasteiger partial charge in [-0.15, -0.1) is 0 Å². The first-order valence-electron chi connectivity index (χ1n) is 28.6. The van der Waals surface area contributed by atoms with Gasteiger partial charge in [-0.25, -0.2) is 0 Å². The highest BCUT2D eigenvalue weighted by Crippen LogP contribution is 2.18. The van der Waals surface area contributed by atoms with Crippen LogP contribution in [0.15, 0.2) is 24.3 Å². The van der Waals surface area contributed by atoms with Crippen LogP contribution in [0, 0.1) is 0 Å². The van der Waals surface area contributed by atoms with Gasteiger partial charge in [-0.2, -0.15) is 0 Å². The molecule has 368 valence electrons. The number of amides is 1. The Labute approximate surface area is 389 Å². The SMILES string of the molecule is CCCCCCCCCCCCCCCCC/C=C/CC/C=C/C(O)C(CO)NC(=O)CCCCCCCCCCCCCCCCCCCCCCCCCCCCCCC. The minimum atomic E-state index is -0.859. The molecule has 2 atom stereocenters. The van der Waals surface area contributed by atoms with E-state index in [9.17, 15) is 15.0 Å². The normalized spacial score (nSPS) is 12.9. The van der Waals surface area contributed by atoms with Crippen LogP contribution in [0.5, 0.6) is 0 Å². The van der Waals surface area contributed by atoms with Gasteiger partial charge in [-0.05, 0) is 32.1 Å². The summed E-state index contributed by atoms with van der Waals surface area (Å²) < 4.78 is 0. The van der Waals surface area contributed by atoms with Gasteiger partial charge in [0.15, 0.2) is 0 Å². The summed E-state index contributed by atoms with van der Waals surface area (Å²) in [5.41, 5.74) is 0. The second-order valence-electron chi connectivity index (χ2n) is 19.7. The Balaban J connectivity index is 3.47. The fraction of sp³-hybridized carbons (Fsp3) is 0.914. The van der Waals surface area contributed by atoms with Crippen molar-refractivity contribution < 1.29 is 15.0 Å². The maximum atomic E-state index is 12.5. The van der Waals surface area contributed by atoms with Crippen molar-refractivity contribution in [3.05, 3.63) is 24.3 Å². The van der Waals surface area contributed by atoms with Crippen molar-refractivity contribution in [2.45, 2.75) is 334 Å². The van der Waals surface area contributed by atoms with Gasteiger partial charge >= 0.3 is 0 Å². The van der Waals surface area contributed by atoms with Gasteiger partial charge in [0.2, 0.25) is 5.91 Å². The lowest BCUT2D eigenvalue weighted by atomic mass is 10.0. The average molecular weight is 873 g/mol. The third-order valence-corrected chi connectivity index (χ3v) is 13.4. The number of hydrogen-bond acceptors (Lipinski definition) is 3. The fourth-order valence-corrected chi connectivity index (χ4v) is 9.08. The summed E-state index contributed by atoms with van der Waals surface area (Å²) in [6, 6.07) is -0.636. The molecule has 0 saturated carbocycles. The molecule has 0 aromatic heterocycles. The lowest BCUT2D eigenvalue weighted by Crippen LogP contribution is -2.45. The summed E-state index contributed by atoms with van der Waals surface area (Å²) in [5, 5.41) is 23.1. The summed E-state index contributed by atoms with van der Waals surface area (Å²) in [5.74, 6) is -0.0664. The highest BCUT2D eigenvalue weighted by molar-refractivity contribution is 5.76. The zero-order valence-electron chi connectivity index (χ0n) is 42.4. The molecule has 0 aliphatic rings. The number of hydrogen-bond donors (Lipinski definition) is 3. The second kappa shape index (κ2) is 54.2. The number of allylic oxidation sites excluding steroid dienone is 3. The van der Waals surface area contributed by atoms with Gasteiger partial charge in [0.25, 0.3) is 0 Å². The summed E-state index contributed by atoms with van der Waals surface area (Å²) in [4.78, 5) is 12.5. The maximum absolute atomic E-state index is 12.5. The molecule has 0 aromatic rings. The van der Waals surface area contributed by atoms with Crippen molar-refractivity contribution in [3.63, 3.8) is 0 Å². The smallest absolute Gasteiger partial charge is 0.220 e. The predicted octanol–water partition coefficient (Wildman–Crippen LogP) is 18.7. The zero-order valence-corrected chi connectivity index (χ0v) is 42.4. The molecule has 0 rings (SSSR count). The molecule has 2 unspecified atom stereocenters. The van der Waals surface area contributed by atoms with Crippen LogP contribution in [-0.2, 0) is 4.79 Å². The minimum Gasteiger partial charge on any atom is -0.394 e. The summed E-state index contributed by atoms with van der Waals surface area (Å²) in [6.07, 6.45) is 72.1. The van der Waals surface area contributed by atoms with Gasteiger partial charge in [-0.3, -0.25) is 4.79 Å². The van der Waals surface area contributed by atoms with Crippen LogP contribution in [-0.4, -0.2) is 34.9 Å². The van der Waals surface area contributed by atoms with Gasteiger partial charge in [0, 0.05) is 6.42 Å². The number of rotatable bonds is 53. The van der Waals surface area contributed by atoms with E-state index in [1.54, 1.807) is 6.08 Å². The van der Waals surface area contributed by atoms with Gasteiger partial charge < -0.3 is 15.5 Å². The van der Waals surface area contributed by atoms with E-state index in [1.165, 1.54) is 270 Å². The van der Waals surface area contributed by atoms with Crippen LogP contribution in [0.1, 0.15) is 322 Å². The Bertz CT molecular complexity index is 901. The lowest BCUT2D eigenvalue weighted by Gasteiger charge is -2.19. The van der Waals surface area contributed by atoms with Crippen molar-refractivity contribution in [2.75, 3.05) is 6.61 Å². The first-order valence-corrected chi connectivity index (χ1v) is 28.6. The monoisotopic (exact) mass is 872 g/mol. The molecule has 62 heavy (non-hydrogen) atoms. The molecule has 1 amide bonds. The van der Waals surface area contributed by atoms with Crippen molar-refractivity contribution in [1.82, 2.24) is 5.32 Å². The van der Waals surface area contributed by atoms with E-state index < -0.39 is 12.1 Å². The Morgan fingerprint density at radius 1 is 0.371 bits per heavy atom. The van der Waals surface area contributed by atoms with E-state index in [0.717, 1.165) is 32.1 Å². The number of unbranched alkanes of at least 4 members (excludes halogenated alkanes) is 44. The fourth-order valence-electron chi connectivity index (χ4n) is 9.08. The molecule has 4 nitrogen and oxygen atoms in total. The molecule has 0 aliphatic carbocycles.